The van der Waals surface area contributed by atoms with E-state index in [0.29, 0.717) is 18.0 Å². The smallest absolute Gasteiger partial charge is 0.319 e. The minimum atomic E-state index is -0.268. The van der Waals surface area contributed by atoms with E-state index in [2.05, 4.69) is 39.9 Å². The van der Waals surface area contributed by atoms with Crippen molar-refractivity contribution in [3.8, 4) is 5.75 Å². The standard InChI is InChI=1S/C24H23N3O2/c1-29-23-14-8-7-13-22(23)27-24(28)26-15-19(17-9-3-2-4-10-17)20-16-25-21-12-6-5-11-18(20)21/h2-14,16,19,25H,15H2,1H3,(H2,26,27,28). The molecule has 146 valence electrons. The predicted molar refractivity (Wildman–Crippen MR) is 117 cm³/mol. The summed E-state index contributed by atoms with van der Waals surface area (Å²) < 4.78 is 5.30. The number of carbonyl (C=O) groups excluding carboxylic acids is 1. The van der Waals surface area contributed by atoms with Gasteiger partial charge in [-0.1, -0.05) is 60.7 Å². The molecule has 3 N–H and O–H groups in total. The molecule has 0 fully saturated rings. The Morgan fingerprint density at radius 2 is 1.69 bits per heavy atom. The van der Waals surface area contributed by atoms with Crippen LogP contribution in [0.4, 0.5) is 10.5 Å². The Hall–Kier alpha value is -3.73. The zero-order chi connectivity index (χ0) is 20.1. The molecule has 1 unspecified atom stereocenters. The Balaban J connectivity index is 1.56. The maximum Gasteiger partial charge on any atom is 0.319 e. The van der Waals surface area contributed by atoms with Gasteiger partial charge in [0.1, 0.15) is 5.75 Å². The van der Waals surface area contributed by atoms with Crippen molar-refractivity contribution < 1.29 is 9.53 Å². The average Bonchev–Trinajstić information content (AvgIpc) is 3.19. The molecule has 29 heavy (non-hydrogen) atoms. The summed E-state index contributed by atoms with van der Waals surface area (Å²) in [6.07, 6.45) is 2.03. The normalized spacial score (nSPS) is 11.8. The molecule has 5 nitrogen and oxygen atoms in total. The van der Waals surface area contributed by atoms with Crippen LogP contribution in [0.25, 0.3) is 10.9 Å². The number of benzene rings is 3. The first-order valence-electron chi connectivity index (χ1n) is 9.55. The molecule has 0 bridgehead atoms. The monoisotopic (exact) mass is 385 g/mol. The zero-order valence-electron chi connectivity index (χ0n) is 16.2. The van der Waals surface area contributed by atoms with Crippen LogP contribution in [0.1, 0.15) is 17.0 Å². The van der Waals surface area contributed by atoms with Crippen molar-refractivity contribution in [1.82, 2.24) is 10.3 Å². The first-order chi connectivity index (χ1) is 14.3. The van der Waals surface area contributed by atoms with Crippen LogP contribution in [0.2, 0.25) is 0 Å². The number of rotatable bonds is 6. The number of fused-ring (bicyclic) bond motifs is 1. The van der Waals surface area contributed by atoms with E-state index in [0.717, 1.165) is 22.0 Å². The van der Waals surface area contributed by atoms with Crippen molar-refractivity contribution in [2.75, 3.05) is 19.0 Å². The summed E-state index contributed by atoms with van der Waals surface area (Å²) in [5.41, 5.74) is 4.02. The number of nitrogens with one attached hydrogen (secondary N) is 3. The van der Waals surface area contributed by atoms with Gasteiger partial charge in [0.15, 0.2) is 0 Å². The van der Waals surface area contributed by atoms with E-state index < -0.39 is 0 Å². The third-order valence-electron chi connectivity index (χ3n) is 5.02. The molecule has 2 amide bonds. The Kier molecular flexibility index (Phi) is 5.47. The first kappa shape index (κ1) is 18.6. The van der Waals surface area contributed by atoms with E-state index in [4.69, 9.17) is 4.74 Å². The molecule has 3 aromatic carbocycles. The molecule has 4 rings (SSSR count). The van der Waals surface area contributed by atoms with Crippen molar-refractivity contribution in [3.63, 3.8) is 0 Å². The highest BCUT2D eigenvalue weighted by Gasteiger charge is 2.19. The summed E-state index contributed by atoms with van der Waals surface area (Å²) in [4.78, 5) is 15.9. The summed E-state index contributed by atoms with van der Waals surface area (Å²) in [6, 6.07) is 25.5. The molecule has 1 aromatic heterocycles. The van der Waals surface area contributed by atoms with Crippen molar-refractivity contribution >= 4 is 22.6 Å². The van der Waals surface area contributed by atoms with Gasteiger partial charge in [0, 0.05) is 29.6 Å². The minimum Gasteiger partial charge on any atom is -0.495 e. The molecule has 0 aliphatic carbocycles. The van der Waals surface area contributed by atoms with E-state index in [-0.39, 0.29) is 11.9 Å². The van der Waals surface area contributed by atoms with Crippen LogP contribution in [0.15, 0.2) is 85.1 Å². The number of para-hydroxylation sites is 3. The maximum atomic E-state index is 12.6. The molecule has 0 saturated heterocycles. The average molecular weight is 385 g/mol. The van der Waals surface area contributed by atoms with Gasteiger partial charge in [0.25, 0.3) is 0 Å². The molecule has 0 radical (unpaired) electrons. The number of aromatic amines is 1. The molecule has 0 aliphatic rings. The van der Waals surface area contributed by atoms with Gasteiger partial charge in [-0.2, -0.15) is 0 Å². The Morgan fingerprint density at radius 3 is 2.52 bits per heavy atom. The van der Waals surface area contributed by atoms with Crippen LogP contribution in [0.5, 0.6) is 5.75 Å². The number of urea groups is 1. The van der Waals surface area contributed by atoms with Crippen LogP contribution < -0.4 is 15.4 Å². The number of hydrogen-bond acceptors (Lipinski definition) is 2. The SMILES string of the molecule is COc1ccccc1NC(=O)NCC(c1ccccc1)c1c[nH]c2ccccc12. The van der Waals surface area contributed by atoms with Crippen LogP contribution in [-0.2, 0) is 0 Å². The molecular formula is C24H23N3O2. The Labute approximate surface area is 169 Å². The molecule has 0 spiro atoms. The second kappa shape index (κ2) is 8.52. The predicted octanol–water partition coefficient (Wildman–Crippen LogP) is 5.13. The van der Waals surface area contributed by atoms with Crippen molar-refractivity contribution in [2.24, 2.45) is 0 Å². The lowest BCUT2D eigenvalue weighted by atomic mass is 9.91. The summed E-state index contributed by atoms with van der Waals surface area (Å²) in [5.74, 6) is 0.648. The van der Waals surface area contributed by atoms with Gasteiger partial charge in [0.05, 0.1) is 12.8 Å². The number of methoxy groups -OCH3 is 1. The van der Waals surface area contributed by atoms with E-state index in [9.17, 15) is 4.79 Å². The van der Waals surface area contributed by atoms with Gasteiger partial charge in [-0.25, -0.2) is 4.79 Å². The van der Waals surface area contributed by atoms with Gasteiger partial charge < -0.3 is 20.4 Å². The van der Waals surface area contributed by atoms with Gasteiger partial charge >= 0.3 is 6.03 Å². The fraction of sp³-hybridized carbons (Fsp3) is 0.125. The quantitative estimate of drug-likeness (QED) is 0.431. The Bertz CT molecular complexity index is 1110. The number of aromatic nitrogens is 1. The summed E-state index contributed by atoms with van der Waals surface area (Å²) in [5, 5.41) is 7.04. The lowest BCUT2D eigenvalue weighted by molar-refractivity contribution is 0.251. The fourth-order valence-electron chi connectivity index (χ4n) is 3.58. The van der Waals surface area contributed by atoms with E-state index in [1.165, 1.54) is 0 Å². The number of amides is 2. The van der Waals surface area contributed by atoms with Crippen LogP contribution in [0.3, 0.4) is 0 Å². The summed E-state index contributed by atoms with van der Waals surface area (Å²) in [6.45, 7) is 0.465. The van der Waals surface area contributed by atoms with Crippen LogP contribution in [-0.4, -0.2) is 24.7 Å². The van der Waals surface area contributed by atoms with Gasteiger partial charge in [0.2, 0.25) is 0 Å². The number of anilines is 1. The largest absolute Gasteiger partial charge is 0.495 e. The van der Waals surface area contributed by atoms with Crippen LogP contribution in [0, 0.1) is 0 Å². The van der Waals surface area contributed by atoms with Gasteiger partial charge in [-0.15, -0.1) is 0 Å². The fourth-order valence-corrected chi connectivity index (χ4v) is 3.58. The number of carbonyl (C=O) groups is 1. The lowest BCUT2D eigenvalue weighted by Gasteiger charge is -2.19. The second-order valence-electron chi connectivity index (χ2n) is 6.79. The van der Waals surface area contributed by atoms with Crippen LogP contribution >= 0.6 is 0 Å². The highest BCUT2D eigenvalue weighted by atomic mass is 16.5. The molecule has 4 aromatic rings. The topological polar surface area (TPSA) is 66.2 Å². The third-order valence-corrected chi connectivity index (χ3v) is 5.02. The second-order valence-corrected chi connectivity index (χ2v) is 6.79. The third kappa shape index (κ3) is 4.09. The van der Waals surface area contributed by atoms with Gasteiger partial charge in [-0.05, 0) is 29.3 Å². The van der Waals surface area contributed by atoms with Crippen molar-refractivity contribution in [1.29, 1.82) is 0 Å². The molecule has 0 saturated carbocycles. The summed E-state index contributed by atoms with van der Waals surface area (Å²) in [7, 11) is 1.58. The summed E-state index contributed by atoms with van der Waals surface area (Å²) >= 11 is 0. The first-order valence-corrected chi connectivity index (χ1v) is 9.55. The van der Waals surface area contributed by atoms with E-state index in [1.54, 1.807) is 7.11 Å². The number of ether oxygens (including phenoxy) is 1. The number of H-pyrrole nitrogens is 1. The minimum absolute atomic E-state index is 0.0239. The van der Waals surface area contributed by atoms with E-state index in [1.807, 2.05) is 60.8 Å². The van der Waals surface area contributed by atoms with Crippen molar-refractivity contribution in [2.45, 2.75) is 5.92 Å². The van der Waals surface area contributed by atoms with E-state index >= 15 is 0 Å². The molecular weight excluding hydrogens is 362 g/mol. The van der Waals surface area contributed by atoms with Crippen molar-refractivity contribution in [3.05, 3.63) is 96.2 Å². The highest BCUT2D eigenvalue weighted by molar-refractivity contribution is 5.91. The molecule has 1 atom stereocenters. The Morgan fingerprint density at radius 1 is 0.966 bits per heavy atom. The zero-order valence-corrected chi connectivity index (χ0v) is 16.2. The van der Waals surface area contributed by atoms with Gasteiger partial charge in [-0.3, -0.25) is 0 Å². The lowest BCUT2D eigenvalue weighted by Crippen LogP contribution is -2.32. The molecule has 1 heterocycles. The molecule has 0 aliphatic heterocycles. The maximum absolute atomic E-state index is 12.6. The molecule has 5 heteroatoms. The highest BCUT2D eigenvalue weighted by Crippen LogP contribution is 2.30. The number of hydrogen-bond donors (Lipinski definition) is 3.